The summed E-state index contributed by atoms with van der Waals surface area (Å²) in [5, 5.41) is 4.11. The Labute approximate surface area is 218 Å². The standard InChI is InChI=1S/C27H25ClN8O/c28-22-5-1-2-6-23(22)36-25(37)21-16-30-26(32-24(21)35-13-11-29-27(35)36)31-18-7-9-19(10-8-18)34-15-14-33-12-3-4-20(33)17-34/h1-2,5-11,13,16,20H,3-4,12,14-15,17H2,(H,30,31,32)/t20-/m0/s1. The average Bonchev–Trinajstić information content (AvgIpc) is 3.60. The second kappa shape index (κ2) is 8.86. The van der Waals surface area contributed by atoms with E-state index in [-0.39, 0.29) is 5.56 Å². The molecule has 2 aliphatic heterocycles. The lowest BCUT2D eigenvalue weighted by atomic mass is 10.1. The molecule has 37 heavy (non-hydrogen) atoms. The highest BCUT2D eigenvalue weighted by Crippen LogP contribution is 2.27. The fourth-order valence-electron chi connectivity index (χ4n) is 5.57. The molecule has 3 aromatic heterocycles. The van der Waals surface area contributed by atoms with E-state index in [0.29, 0.717) is 39.5 Å². The Balaban J connectivity index is 1.20. The van der Waals surface area contributed by atoms with Gasteiger partial charge in [0.15, 0.2) is 5.65 Å². The number of nitrogens with one attached hydrogen (secondary N) is 1. The molecule has 0 saturated carbocycles. The Kier molecular flexibility index (Phi) is 5.33. The molecule has 0 bridgehead atoms. The van der Waals surface area contributed by atoms with Gasteiger partial charge in [-0.05, 0) is 55.8 Å². The molecular weight excluding hydrogens is 488 g/mol. The highest BCUT2D eigenvalue weighted by atomic mass is 35.5. The molecule has 10 heteroatoms. The number of hydrogen-bond acceptors (Lipinski definition) is 7. The minimum Gasteiger partial charge on any atom is -0.369 e. The number of hydrogen-bond donors (Lipinski definition) is 1. The third kappa shape index (κ3) is 3.82. The summed E-state index contributed by atoms with van der Waals surface area (Å²) in [6.07, 6.45) is 7.58. The highest BCUT2D eigenvalue weighted by Gasteiger charge is 2.30. The molecule has 9 nitrogen and oxygen atoms in total. The molecule has 2 saturated heterocycles. The number of aromatic nitrogens is 5. The van der Waals surface area contributed by atoms with E-state index in [1.165, 1.54) is 29.6 Å². The van der Waals surface area contributed by atoms with Crippen LogP contribution in [0, 0.1) is 0 Å². The van der Waals surface area contributed by atoms with Crippen LogP contribution >= 0.6 is 11.6 Å². The van der Waals surface area contributed by atoms with Gasteiger partial charge < -0.3 is 10.2 Å². The van der Waals surface area contributed by atoms with Crippen LogP contribution in [0.4, 0.5) is 17.3 Å². The maximum atomic E-state index is 13.5. The zero-order valence-corrected chi connectivity index (χ0v) is 20.8. The van der Waals surface area contributed by atoms with Gasteiger partial charge in [-0.2, -0.15) is 4.98 Å². The minimum absolute atomic E-state index is 0.278. The van der Waals surface area contributed by atoms with Crippen LogP contribution in [0.1, 0.15) is 12.8 Å². The Morgan fingerprint density at radius 1 is 1.00 bits per heavy atom. The summed E-state index contributed by atoms with van der Waals surface area (Å²) in [5.41, 5.74) is 2.87. The van der Waals surface area contributed by atoms with E-state index in [4.69, 9.17) is 11.6 Å². The van der Waals surface area contributed by atoms with Crippen LogP contribution in [-0.4, -0.2) is 61.0 Å². The molecule has 5 heterocycles. The number of piperazine rings is 1. The van der Waals surface area contributed by atoms with Gasteiger partial charge in [0.1, 0.15) is 5.39 Å². The van der Waals surface area contributed by atoms with E-state index >= 15 is 0 Å². The first-order valence-electron chi connectivity index (χ1n) is 12.5. The molecule has 2 fully saturated rings. The quantitative estimate of drug-likeness (QED) is 0.388. The van der Waals surface area contributed by atoms with Gasteiger partial charge in [-0.25, -0.2) is 14.5 Å². The number of para-hydroxylation sites is 1. The summed E-state index contributed by atoms with van der Waals surface area (Å²) in [4.78, 5) is 32.1. The Hall–Kier alpha value is -3.95. The molecule has 1 N–H and O–H groups in total. The minimum atomic E-state index is -0.278. The van der Waals surface area contributed by atoms with Gasteiger partial charge in [0, 0.05) is 55.6 Å². The van der Waals surface area contributed by atoms with Crippen molar-refractivity contribution in [3.05, 3.63) is 82.5 Å². The maximum absolute atomic E-state index is 13.5. The van der Waals surface area contributed by atoms with Crippen LogP contribution in [0.3, 0.4) is 0 Å². The molecule has 2 aliphatic rings. The van der Waals surface area contributed by atoms with E-state index < -0.39 is 0 Å². The molecule has 0 unspecified atom stereocenters. The van der Waals surface area contributed by atoms with Crippen molar-refractivity contribution in [1.82, 2.24) is 28.8 Å². The van der Waals surface area contributed by atoms with Crippen molar-refractivity contribution in [2.75, 3.05) is 36.4 Å². The molecule has 0 spiro atoms. The first-order chi connectivity index (χ1) is 18.2. The van der Waals surface area contributed by atoms with E-state index in [0.717, 1.165) is 25.3 Å². The second-order valence-corrected chi connectivity index (χ2v) is 9.98. The third-order valence-corrected chi connectivity index (χ3v) is 7.74. The van der Waals surface area contributed by atoms with Crippen LogP contribution in [0.5, 0.6) is 0 Å². The number of nitrogens with zero attached hydrogens (tertiary/aromatic N) is 7. The highest BCUT2D eigenvalue weighted by molar-refractivity contribution is 6.32. The summed E-state index contributed by atoms with van der Waals surface area (Å²) >= 11 is 6.41. The van der Waals surface area contributed by atoms with E-state index in [1.807, 2.05) is 24.3 Å². The van der Waals surface area contributed by atoms with E-state index in [1.54, 1.807) is 35.1 Å². The molecule has 0 aliphatic carbocycles. The summed E-state index contributed by atoms with van der Waals surface area (Å²) in [6.45, 7) is 4.53. The van der Waals surface area contributed by atoms with Crippen molar-refractivity contribution in [2.45, 2.75) is 18.9 Å². The van der Waals surface area contributed by atoms with E-state index in [9.17, 15) is 4.79 Å². The summed E-state index contributed by atoms with van der Waals surface area (Å²) < 4.78 is 3.27. The monoisotopic (exact) mass is 512 g/mol. The summed E-state index contributed by atoms with van der Waals surface area (Å²) in [7, 11) is 0. The molecule has 7 rings (SSSR count). The number of rotatable bonds is 4. The largest absolute Gasteiger partial charge is 0.369 e. The first-order valence-corrected chi connectivity index (χ1v) is 12.9. The van der Waals surface area contributed by atoms with Crippen LogP contribution in [-0.2, 0) is 0 Å². The van der Waals surface area contributed by atoms with Crippen molar-refractivity contribution in [2.24, 2.45) is 0 Å². The van der Waals surface area contributed by atoms with Gasteiger partial charge in [-0.1, -0.05) is 23.7 Å². The van der Waals surface area contributed by atoms with Gasteiger partial charge in [-0.3, -0.25) is 14.1 Å². The van der Waals surface area contributed by atoms with Crippen molar-refractivity contribution < 1.29 is 0 Å². The van der Waals surface area contributed by atoms with Crippen molar-refractivity contribution >= 4 is 45.7 Å². The molecule has 0 amide bonds. The fraction of sp³-hybridized carbons (Fsp3) is 0.259. The topological polar surface area (TPSA) is 83.6 Å². The fourth-order valence-corrected chi connectivity index (χ4v) is 5.79. The Bertz CT molecular complexity index is 1680. The Morgan fingerprint density at radius 3 is 2.73 bits per heavy atom. The normalized spacial score (nSPS) is 18.0. The van der Waals surface area contributed by atoms with Crippen LogP contribution in [0.2, 0.25) is 5.02 Å². The molecular formula is C27H25ClN8O. The lowest BCUT2D eigenvalue weighted by molar-refractivity contribution is 0.231. The smallest absolute Gasteiger partial charge is 0.270 e. The van der Waals surface area contributed by atoms with Gasteiger partial charge >= 0.3 is 0 Å². The summed E-state index contributed by atoms with van der Waals surface area (Å²) in [5.74, 6) is 0.840. The zero-order chi connectivity index (χ0) is 24.9. The van der Waals surface area contributed by atoms with E-state index in [2.05, 4.69) is 42.2 Å². The van der Waals surface area contributed by atoms with Crippen LogP contribution < -0.4 is 15.8 Å². The van der Waals surface area contributed by atoms with Crippen molar-refractivity contribution in [3.63, 3.8) is 0 Å². The second-order valence-electron chi connectivity index (χ2n) is 9.57. The maximum Gasteiger partial charge on any atom is 0.270 e. The predicted molar refractivity (Wildman–Crippen MR) is 145 cm³/mol. The zero-order valence-electron chi connectivity index (χ0n) is 20.1. The summed E-state index contributed by atoms with van der Waals surface area (Å²) in [6, 6.07) is 16.3. The first kappa shape index (κ1) is 22.3. The molecule has 2 aromatic carbocycles. The van der Waals surface area contributed by atoms with Gasteiger partial charge in [-0.15, -0.1) is 0 Å². The van der Waals surface area contributed by atoms with Gasteiger partial charge in [0.25, 0.3) is 5.56 Å². The van der Waals surface area contributed by atoms with Gasteiger partial charge in [0.2, 0.25) is 11.7 Å². The average molecular weight is 513 g/mol. The predicted octanol–water partition coefficient (Wildman–Crippen LogP) is 4.11. The number of benzene rings is 2. The Morgan fingerprint density at radius 2 is 1.86 bits per heavy atom. The SMILES string of the molecule is O=c1c2cnc(Nc3ccc(N4CCN5CCC[C@H]5C4)cc3)nc2n2ccnc2n1-c1ccccc1Cl. The van der Waals surface area contributed by atoms with Crippen molar-refractivity contribution in [1.29, 1.82) is 0 Å². The molecule has 5 aromatic rings. The number of imidazole rings is 1. The number of anilines is 3. The third-order valence-electron chi connectivity index (χ3n) is 7.42. The van der Waals surface area contributed by atoms with Crippen LogP contribution in [0.15, 0.2) is 71.9 Å². The lowest BCUT2D eigenvalue weighted by Gasteiger charge is -2.38. The lowest BCUT2D eigenvalue weighted by Crippen LogP contribution is -2.50. The number of fused-ring (bicyclic) bond motifs is 4. The van der Waals surface area contributed by atoms with Crippen LogP contribution in [0.25, 0.3) is 22.5 Å². The molecule has 186 valence electrons. The van der Waals surface area contributed by atoms with Crippen molar-refractivity contribution in [3.8, 4) is 5.69 Å². The molecule has 1 atom stereocenters. The van der Waals surface area contributed by atoms with Gasteiger partial charge in [0.05, 0.1) is 10.7 Å². The number of halogens is 1. The molecule has 0 radical (unpaired) electrons.